The van der Waals surface area contributed by atoms with Gasteiger partial charge in [0.25, 0.3) is 0 Å². The van der Waals surface area contributed by atoms with Crippen LogP contribution in [0.5, 0.6) is 0 Å². The molecule has 0 spiro atoms. The third-order valence-corrected chi connectivity index (χ3v) is 1.91. The van der Waals surface area contributed by atoms with Crippen molar-refractivity contribution < 1.29 is 24.2 Å². The van der Waals surface area contributed by atoms with E-state index in [1.54, 1.807) is 20.8 Å². The molecule has 0 saturated carbocycles. The Bertz CT molecular complexity index is 322. The quantitative estimate of drug-likeness (QED) is 0.646. The van der Waals surface area contributed by atoms with Crippen molar-refractivity contribution >= 4 is 18.0 Å². The molecule has 0 heterocycles. The number of alkyl carbamates (subject to hydrolysis) is 1. The molecule has 2 amide bonds. The number of nitrogens with one attached hydrogen (secondary N) is 1. The summed E-state index contributed by atoms with van der Waals surface area (Å²) in [5.74, 6) is -1.68. The molecule has 104 valence electrons. The number of rotatable bonds is 6. The highest BCUT2D eigenvalue weighted by molar-refractivity contribution is 5.80. The molecule has 18 heavy (non-hydrogen) atoms. The van der Waals surface area contributed by atoms with Crippen molar-refractivity contribution in [1.82, 2.24) is 5.32 Å². The van der Waals surface area contributed by atoms with Crippen LogP contribution in [0.3, 0.4) is 0 Å². The Balaban J connectivity index is 4.23. The standard InChI is InChI=1S/C11H20N2O5/c1-11(2,3)18-10(17)13-7(9(15)16)5-4-6-8(12)14/h7H,4-6H2,1-3H3,(H2,12,14)(H,13,17)(H,15,16)/t7-/m0/s1. The smallest absolute Gasteiger partial charge is 0.408 e. The van der Waals surface area contributed by atoms with Gasteiger partial charge >= 0.3 is 12.1 Å². The minimum atomic E-state index is -1.18. The van der Waals surface area contributed by atoms with Crippen LogP contribution in [0, 0.1) is 0 Å². The molecule has 4 N–H and O–H groups in total. The van der Waals surface area contributed by atoms with Crippen LogP contribution in [0.4, 0.5) is 4.79 Å². The van der Waals surface area contributed by atoms with E-state index in [1.165, 1.54) is 0 Å². The molecule has 0 aromatic rings. The molecule has 7 heteroatoms. The average molecular weight is 260 g/mol. The highest BCUT2D eigenvalue weighted by Crippen LogP contribution is 2.08. The van der Waals surface area contributed by atoms with Crippen LogP contribution in [0.15, 0.2) is 0 Å². The molecule has 0 rings (SSSR count). The van der Waals surface area contributed by atoms with E-state index in [1.807, 2.05) is 0 Å². The lowest BCUT2D eigenvalue weighted by atomic mass is 10.1. The SMILES string of the molecule is CC(C)(C)OC(=O)N[C@@H](CCCC(N)=O)C(=O)O. The minimum Gasteiger partial charge on any atom is -0.480 e. The molecule has 0 saturated heterocycles. The molecule has 0 aliphatic heterocycles. The zero-order chi connectivity index (χ0) is 14.3. The number of hydrogen-bond donors (Lipinski definition) is 3. The fourth-order valence-corrected chi connectivity index (χ4v) is 1.19. The Morgan fingerprint density at radius 2 is 1.89 bits per heavy atom. The topological polar surface area (TPSA) is 119 Å². The van der Waals surface area contributed by atoms with Crippen LogP contribution in [0.25, 0.3) is 0 Å². The molecule has 0 aliphatic carbocycles. The van der Waals surface area contributed by atoms with Crippen LogP contribution in [-0.2, 0) is 14.3 Å². The van der Waals surface area contributed by atoms with Gasteiger partial charge in [0, 0.05) is 6.42 Å². The number of carbonyl (C=O) groups is 3. The largest absolute Gasteiger partial charge is 0.480 e. The summed E-state index contributed by atoms with van der Waals surface area (Å²) in [5, 5.41) is 11.1. The number of carbonyl (C=O) groups excluding carboxylic acids is 2. The number of carboxylic acid groups (broad SMARTS) is 1. The zero-order valence-electron chi connectivity index (χ0n) is 10.9. The van der Waals surface area contributed by atoms with E-state index in [4.69, 9.17) is 15.6 Å². The van der Waals surface area contributed by atoms with E-state index < -0.39 is 29.6 Å². The van der Waals surface area contributed by atoms with Gasteiger partial charge in [-0.1, -0.05) is 0 Å². The second kappa shape index (κ2) is 6.83. The summed E-state index contributed by atoms with van der Waals surface area (Å²) in [7, 11) is 0. The van der Waals surface area contributed by atoms with E-state index >= 15 is 0 Å². The first-order valence-electron chi connectivity index (χ1n) is 5.62. The van der Waals surface area contributed by atoms with Crippen molar-refractivity contribution in [3.63, 3.8) is 0 Å². The van der Waals surface area contributed by atoms with Crippen LogP contribution in [-0.4, -0.2) is 34.7 Å². The third-order valence-electron chi connectivity index (χ3n) is 1.91. The van der Waals surface area contributed by atoms with E-state index in [9.17, 15) is 14.4 Å². The van der Waals surface area contributed by atoms with Crippen molar-refractivity contribution in [2.45, 2.75) is 51.7 Å². The normalized spacial score (nSPS) is 12.6. The van der Waals surface area contributed by atoms with Gasteiger partial charge in [0.15, 0.2) is 0 Å². The Kier molecular flexibility index (Phi) is 6.15. The number of ether oxygens (including phenoxy) is 1. The summed E-state index contributed by atoms with van der Waals surface area (Å²) < 4.78 is 4.94. The van der Waals surface area contributed by atoms with Gasteiger partial charge in [-0.15, -0.1) is 0 Å². The Labute approximate surface area is 106 Å². The highest BCUT2D eigenvalue weighted by atomic mass is 16.6. The molecule has 0 aromatic heterocycles. The maximum Gasteiger partial charge on any atom is 0.408 e. The summed E-state index contributed by atoms with van der Waals surface area (Å²) in [4.78, 5) is 32.8. The predicted octanol–water partition coefficient (Wildman–Crippen LogP) is 0.620. The minimum absolute atomic E-state index is 0.0831. The molecule has 0 aromatic carbocycles. The zero-order valence-corrected chi connectivity index (χ0v) is 10.9. The van der Waals surface area contributed by atoms with Gasteiger partial charge in [0.05, 0.1) is 0 Å². The number of hydrogen-bond acceptors (Lipinski definition) is 4. The van der Waals surface area contributed by atoms with Crippen molar-refractivity contribution in [2.75, 3.05) is 0 Å². The molecule has 1 atom stereocenters. The first-order chi connectivity index (χ1) is 8.11. The molecular formula is C11H20N2O5. The predicted molar refractivity (Wildman–Crippen MR) is 63.8 cm³/mol. The molecule has 0 radical (unpaired) electrons. The maximum atomic E-state index is 11.4. The van der Waals surface area contributed by atoms with E-state index in [0.717, 1.165) is 0 Å². The number of primary amides is 1. The molecule has 7 nitrogen and oxygen atoms in total. The third kappa shape index (κ3) is 8.37. The monoisotopic (exact) mass is 260 g/mol. The number of carboxylic acids is 1. The van der Waals surface area contributed by atoms with Gasteiger partial charge in [-0.2, -0.15) is 0 Å². The summed E-state index contributed by atoms with van der Waals surface area (Å²) in [6.45, 7) is 5.03. The molecule has 0 aliphatic rings. The number of aliphatic carboxylic acids is 1. The van der Waals surface area contributed by atoms with Gasteiger partial charge < -0.3 is 20.9 Å². The van der Waals surface area contributed by atoms with Gasteiger partial charge in [0.1, 0.15) is 11.6 Å². The molecule has 0 bridgehead atoms. The Morgan fingerprint density at radius 3 is 2.28 bits per heavy atom. The summed E-state index contributed by atoms with van der Waals surface area (Å²) in [6, 6.07) is -1.08. The lowest BCUT2D eigenvalue weighted by Crippen LogP contribution is -2.43. The van der Waals surface area contributed by atoms with Crippen LogP contribution < -0.4 is 11.1 Å². The van der Waals surface area contributed by atoms with Crippen LogP contribution in [0.1, 0.15) is 40.0 Å². The van der Waals surface area contributed by atoms with Crippen molar-refractivity contribution in [2.24, 2.45) is 5.73 Å². The van der Waals surface area contributed by atoms with Crippen LogP contribution in [0.2, 0.25) is 0 Å². The first kappa shape index (κ1) is 16.2. The van der Waals surface area contributed by atoms with Gasteiger partial charge in [0.2, 0.25) is 5.91 Å². The number of amides is 2. The second-order valence-electron chi connectivity index (χ2n) is 4.90. The van der Waals surface area contributed by atoms with Crippen molar-refractivity contribution in [1.29, 1.82) is 0 Å². The van der Waals surface area contributed by atoms with Crippen LogP contribution >= 0.6 is 0 Å². The lowest BCUT2D eigenvalue weighted by Gasteiger charge is -2.21. The van der Waals surface area contributed by atoms with Gasteiger partial charge in [-0.25, -0.2) is 9.59 Å². The van der Waals surface area contributed by atoms with E-state index in [2.05, 4.69) is 5.32 Å². The van der Waals surface area contributed by atoms with Crippen molar-refractivity contribution in [3.05, 3.63) is 0 Å². The highest BCUT2D eigenvalue weighted by Gasteiger charge is 2.23. The fourth-order valence-electron chi connectivity index (χ4n) is 1.19. The Morgan fingerprint density at radius 1 is 1.33 bits per heavy atom. The molecule has 0 unspecified atom stereocenters. The van der Waals surface area contributed by atoms with Gasteiger partial charge in [-0.05, 0) is 33.6 Å². The van der Waals surface area contributed by atoms with E-state index in [-0.39, 0.29) is 12.8 Å². The fraction of sp³-hybridized carbons (Fsp3) is 0.727. The first-order valence-corrected chi connectivity index (χ1v) is 5.62. The number of nitrogens with two attached hydrogens (primary N) is 1. The van der Waals surface area contributed by atoms with E-state index in [0.29, 0.717) is 6.42 Å². The van der Waals surface area contributed by atoms with Gasteiger partial charge in [-0.3, -0.25) is 4.79 Å². The Hall–Kier alpha value is -1.79. The summed E-state index contributed by atoms with van der Waals surface area (Å²) in [5.41, 5.74) is 4.25. The second-order valence-corrected chi connectivity index (χ2v) is 4.90. The lowest BCUT2D eigenvalue weighted by molar-refractivity contribution is -0.139. The maximum absolute atomic E-state index is 11.4. The average Bonchev–Trinajstić information content (AvgIpc) is 2.12. The molecular weight excluding hydrogens is 240 g/mol. The van der Waals surface area contributed by atoms with Crippen molar-refractivity contribution in [3.8, 4) is 0 Å². The summed E-state index contributed by atoms with van der Waals surface area (Å²) >= 11 is 0. The molecule has 0 fully saturated rings. The summed E-state index contributed by atoms with van der Waals surface area (Å²) in [6.07, 6.45) is -0.298.